The first kappa shape index (κ1) is 15.0. The molecule has 0 amide bonds. The van der Waals surface area contributed by atoms with Gasteiger partial charge in [0.05, 0.1) is 0 Å². The maximum Gasteiger partial charge on any atom is 0.0455 e. The van der Waals surface area contributed by atoms with E-state index < -0.39 is 0 Å². The third-order valence-corrected chi connectivity index (χ3v) is 5.38. The van der Waals surface area contributed by atoms with Gasteiger partial charge in [-0.25, -0.2) is 0 Å². The summed E-state index contributed by atoms with van der Waals surface area (Å²) < 4.78 is 0. The largest absolute Gasteiger partial charge is 0.323 e. The quantitative estimate of drug-likeness (QED) is 0.866. The third-order valence-electron chi connectivity index (χ3n) is 5.38. The molecule has 3 heteroatoms. The molecule has 1 heterocycles. The van der Waals surface area contributed by atoms with Gasteiger partial charge in [-0.05, 0) is 63.4 Å². The zero-order chi connectivity index (χ0) is 14.8. The van der Waals surface area contributed by atoms with E-state index in [4.69, 9.17) is 5.73 Å². The van der Waals surface area contributed by atoms with E-state index in [1.165, 1.54) is 56.4 Å². The topological polar surface area (TPSA) is 32.5 Å². The van der Waals surface area contributed by atoms with Crippen molar-refractivity contribution in [3.63, 3.8) is 0 Å². The van der Waals surface area contributed by atoms with Gasteiger partial charge in [0.25, 0.3) is 0 Å². The van der Waals surface area contributed by atoms with Gasteiger partial charge in [0.1, 0.15) is 0 Å². The first-order valence-corrected chi connectivity index (χ1v) is 8.37. The molecular formula is C18H29N3. The number of nitrogens with zero attached hydrogens (tertiary/aromatic N) is 2. The van der Waals surface area contributed by atoms with Gasteiger partial charge in [-0.3, -0.25) is 0 Å². The molecule has 0 spiro atoms. The normalized spacial score (nSPS) is 30.4. The van der Waals surface area contributed by atoms with Crippen LogP contribution >= 0.6 is 0 Å². The Morgan fingerprint density at radius 2 is 2.10 bits per heavy atom. The number of hydrogen-bond acceptors (Lipinski definition) is 3. The first-order chi connectivity index (χ1) is 10.1. The van der Waals surface area contributed by atoms with Gasteiger partial charge in [0, 0.05) is 25.2 Å². The standard InChI is InChI=1S/C18H29N3/c1-20-11-10-14(12-20)13-21(2)17-9-5-7-15-6-3-4-8-16(15)18(17)19/h3-4,6,8,14,17-18H,5,7,9-13,19H2,1-2H3. The average Bonchev–Trinajstić information content (AvgIpc) is 2.80. The van der Waals surface area contributed by atoms with Crippen LogP contribution in [0.5, 0.6) is 0 Å². The number of likely N-dealkylation sites (tertiary alicyclic amines) is 1. The molecule has 116 valence electrons. The second-order valence-corrected chi connectivity index (χ2v) is 7.04. The summed E-state index contributed by atoms with van der Waals surface area (Å²) in [6.45, 7) is 3.67. The Morgan fingerprint density at radius 1 is 1.29 bits per heavy atom. The van der Waals surface area contributed by atoms with Crippen molar-refractivity contribution >= 4 is 0 Å². The van der Waals surface area contributed by atoms with Crippen LogP contribution in [0.3, 0.4) is 0 Å². The zero-order valence-electron chi connectivity index (χ0n) is 13.5. The Hall–Kier alpha value is -0.900. The van der Waals surface area contributed by atoms with Crippen molar-refractivity contribution in [2.75, 3.05) is 33.7 Å². The molecule has 1 aromatic rings. The van der Waals surface area contributed by atoms with Gasteiger partial charge < -0.3 is 15.5 Å². The van der Waals surface area contributed by atoms with Crippen molar-refractivity contribution in [1.82, 2.24) is 9.80 Å². The molecule has 3 unspecified atom stereocenters. The predicted molar refractivity (Wildman–Crippen MR) is 88.3 cm³/mol. The average molecular weight is 287 g/mol. The van der Waals surface area contributed by atoms with Crippen molar-refractivity contribution in [1.29, 1.82) is 0 Å². The Balaban J connectivity index is 1.70. The Kier molecular flexibility index (Phi) is 4.63. The minimum Gasteiger partial charge on any atom is -0.323 e. The van der Waals surface area contributed by atoms with E-state index in [9.17, 15) is 0 Å². The number of hydrogen-bond donors (Lipinski definition) is 1. The number of benzene rings is 1. The van der Waals surface area contributed by atoms with E-state index in [-0.39, 0.29) is 6.04 Å². The molecule has 3 rings (SSSR count). The van der Waals surface area contributed by atoms with Crippen LogP contribution in [0.25, 0.3) is 0 Å². The van der Waals surface area contributed by atoms with Gasteiger partial charge in [0.15, 0.2) is 0 Å². The number of aryl methyl sites for hydroxylation is 1. The maximum atomic E-state index is 6.64. The second-order valence-electron chi connectivity index (χ2n) is 7.04. The second kappa shape index (κ2) is 6.47. The molecule has 3 nitrogen and oxygen atoms in total. The van der Waals surface area contributed by atoms with Crippen LogP contribution in [-0.4, -0.2) is 49.6 Å². The first-order valence-electron chi connectivity index (χ1n) is 8.37. The fraction of sp³-hybridized carbons (Fsp3) is 0.667. The molecule has 1 saturated heterocycles. The molecule has 21 heavy (non-hydrogen) atoms. The predicted octanol–water partition coefficient (Wildman–Crippen LogP) is 2.27. The Morgan fingerprint density at radius 3 is 2.86 bits per heavy atom. The summed E-state index contributed by atoms with van der Waals surface area (Å²) in [5.74, 6) is 0.811. The van der Waals surface area contributed by atoms with Crippen LogP contribution in [0, 0.1) is 5.92 Å². The molecule has 2 N–H and O–H groups in total. The fourth-order valence-electron chi connectivity index (χ4n) is 4.19. The van der Waals surface area contributed by atoms with Crippen LogP contribution in [0.15, 0.2) is 24.3 Å². The lowest BCUT2D eigenvalue weighted by molar-refractivity contribution is 0.173. The van der Waals surface area contributed by atoms with Crippen molar-refractivity contribution in [2.24, 2.45) is 11.7 Å². The van der Waals surface area contributed by atoms with E-state index in [1.807, 2.05) is 0 Å². The molecule has 0 saturated carbocycles. The highest BCUT2D eigenvalue weighted by molar-refractivity contribution is 5.32. The summed E-state index contributed by atoms with van der Waals surface area (Å²) in [7, 11) is 4.50. The highest BCUT2D eigenvalue weighted by Crippen LogP contribution is 2.30. The van der Waals surface area contributed by atoms with E-state index in [1.54, 1.807) is 0 Å². The molecular weight excluding hydrogens is 258 g/mol. The minimum atomic E-state index is 0.160. The monoisotopic (exact) mass is 287 g/mol. The molecule has 1 aromatic carbocycles. The van der Waals surface area contributed by atoms with E-state index in [2.05, 4.69) is 48.2 Å². The highest BCUT2D eigenvalue weighted by Gasteiger charge is 2.30. The van der Waals surface area contributed by atoms with E-state index >= 15 is 0 Å². The number of fused-ring (bicyclic) bond motifs is 1. The van der Waals surface area contributed by atoms with E-state index in [0.717, 1.165) is 5.92 Å². The van der Waals surface area contributed by atoms with Crippen LogP contribution in [0.4, 0.5) is 0 Å². The smallest absolute Gasteiger partial charge is 0.0455 e. The van der Waals surface area contributed by atoms with E-state index in [0.29, 0.717) is 6.04 Å². The molecule has 1 fully saturated rings. The van der Waals surface area contributed by atoms with Gasteiger partial charge in [-0.1, -0.05) is 24.3 Å². The van der Waals surface area contributed by atoms with Crippen LogP contribution in [-0.2, 0) is 6.42 Å². The molecule has 3 atom stereocenters. The van der Waals surface area contributed by atoms with Crippen molar-refractivity contribution in [3.05, 3.63) is 35.4 Å². The Labute approximate surface area is 129 Å². The maximum absolute atomic E-state index is 6.64. The minimum absolute atomic E-state index is 0.160. The van der Waals surface area contributed by atoms with Gasteiger partial charge in [-0.2, -0.15) is 0 Å². The fourth-order valence-corrected chi connectivity index (χ4v) is 4.19. The molecule has 1 aliphatic carbocycles. The SMILES string of the molecule is CN1CCC(CN(C)C2CCCc3ccccc3C2N)C1. The van der Waals surface area contributed by atoms with Gasteiger partial charge >= 0.3 is 0 Å². The summed E-state index contributed by atoms with van der Waals surface area (Å²) in [6, 6.07) is 9.41. The van der Waals surface area contributed by atoms with Crippen LogP contribution in [0.1, 0.15) is 36.4 Å². The lowest BCUT2D eigenvalue weighted by Gasteiger charge is -2.33. The summed E-state index contributed by atoms with van der Waals surface area (Å²) in [5, 5.41) is 0. The summed E-state index contributed by atoms with van der Waals surface area (Å²) >= 11 is 0. The van der Waals surface area contributed by atoms with Crippen LogP contribution < -0.4 is 5.73 Å². The van der Waals surface area contributed by atoms with Crippen molar-refractivity contribution in [3.8, 4) is 0 Å². The van der Waals surface area contributed by atoms with Crippen molar-refractivity contribution < 1.29 is 0 Å². The lowest BCUT2D eigenvalue weighted by Crippen LogP contribution is -2.42. The summed E-state index contributed by atoms with van der Waals surface area (Å²) in [4.78, 5) is 4.98. The number of likely N-dealkylation sites (N-methyl/N-ethyl adjacent to an activating group) is 1. The van der Waals surface area contributed by atoms with Crippen LogP contribution in [0.2, 0.25) is 0 Å². The molecule has 0 aromatic heterocycles. The zero-order valence-corrected chi connectivity index (χ0v) is 13.5. The third kappa shape index (κ3) is 3.31. The Bertz CT molecular complexity index is 473. The summed E-state index contributed by atoms with van der Waals surface area (Å²) in [5.41, 5.74) is 9.47. The number of rotatable bonds is 3. The van der Waals surface area contributed by atoms with Crippen molar-refractivity contribution in [2.45, 2.75) is 37.8 Å². The molecule has 0 radical (unpaired) electrons. The molecule has 2 aliphatic rings. The number of nitrogens with two attached hydrogens (primary N) is 1. The highest BCUT2D eigenvalue weighted by atomic mass is 15.2. The summed E-state index contributed by atoms with van der Waals surface area (Å²) in [6.07, 6.45) is 4.99. The molecule has 0 bridgehead atoms. The van der Waals surface area contributed by atoms with Gasteiger partial charge in [-0.15, -0.1) is 0 Å². The molecule has 1 aliphatic heterocycles. The van der Waals surface area contributed by atoms with Gasteiger partial charge in [0.2, 0.25) is 0 Å². The lowest BCUT2D eigenvalue weighted by atomic mass is 9.95.